The number of aliphatic hydroxyl groups excluding tert-OH is 1. The summed E-state index contributed by atoms with van der Waals surface area (Å²) in [5.74, 6) is -0.260. The molecular weight excluding hydrogens is 404 g/mol. The van der Waals surface area contributed by atoms with Gasteiger partial charge in [0.1, 0.15) is 15.8 Å². The molecule has 3 aromatic heterocycles. The molecule has 0 spiro atoms. The summed E-state index contributed by atoms with van der Waals surface area (Å²) in [6.45, 7) is 1.29. The summed E-state index contributed by atoms with van der Waals surface area (Å²) >= 11 is 1.29. The number of nitrogens with zero attached hydrogens (tertiary/aromatic N) is 3. The number of pyridine rings is 2. The molecule has 1 aliphatic rings. The quantitative estimate of drug-likeness (QED) is 0.620. The first-order valence-corrected chi connectivity index (χ1v) is 10.5. The second kappa shape index (κ2) is 9.29. The second-order valence-corrected chi connectivity index (χ2v) is 7.91. The molecule has 0 aromatic carbocycles. The normalized spacial score (nSPS) is 16.6. The SMILES string of the molecule is O=C(NCCO)c1sc2ncccc2c1C1CN(C(=O)Cc2ccncc2)CCO1. The molecule has 1 fully saturated rings. The highest BCUT2D eigenvalue weighted by Crippen LogP contribution is 2.37. The van der Waals surface area contributed by atoms with Gasteiger partial charge in [0.05, 0.1) is 26.2 Å². The molecule has 1 saturated heterocycles. The van der Waals surface area contributed by atoms with Crippen LogP contribution < -0.4 is 5.32 Å². The summed E-state index contributed by atoms with van der Waals surface area (Å²) in [6, 6.07) is 7.40. The van der Waals surface area contributed by atoms with Crippen LogP contribution >= 0.6 is 11.3 Å². The number of rotatable bonds is 6. The largest absolute Gasteiger partial charge is 0.395 e. The number of morpholine rings is 1. The first-order chi connectivity index (χ1) is 14.7. The van der Waals surface area contributed by atoms with E-state index in [1.54, 1.807) is 23.5 Å². The van der Waals surface area contributed by atoms with Gasteiger partial charge in [0.15, 0.2) is 0 Å². The van der Waals surface area contributed by atoms with Crippen molar-refractivity contribution in [1.82, 2.24) is 20.2 Å². The fourth-order valence-corrected chi connectivity index (χ4v) is 4.64. The lowest BCUT2D eigenvalue weighted by Gasteiger charge is -2.33. The standard InChI is InChI=1S/C21H22N4O4S/c26-10-8-23-20(28)19-18(15-2-1-5-24-21(15)30-19)16-13-25(9-11-29-16)17(27)12-14-3-6-22-7-4-14/h1-7,16,26H,8-13H2,(H,23,28). The number of fused-ring (bicyclic) bond motifs is 1. The third-order valence-electron chi connectivity index (χ3n) is 4.95. The molecule has 4 heterocycles. The van der Waals surface area contributed by atoms with Crippen LogP contribution in [0.3, 0.4) is 0 Å². The molecule has 0 aliphatic carbocycles. The summed E-state index contributed by atoms with van der Waals surface area (Å²) in [5.41, 5.74) is 1.66. The van der Waals surface area contributed by atoms with Gasteiger partial charge in [0.25, 0.3) is 5.91 Å². The van der Waals surface area contributed by atoms with Crippen molar-refractivity contribution in [3.05, 3.63) is 58.9 Å². The van der Waals surface area contributed by atoms with Crippen LogP contribution in [0, 0.1) is 0 Å². The molecule has 1 unspecified atom stereocenters. The predicted molar refractivity (Wildman–Crippen MR) is 112 cm³/mol. The second-order valence-electron chi connectivity index (χ2n) is 6.91. The van der Waals surface area contributed by atoms with Crippen molar-refractivity contribution in [3.8, 4) is 0 Å². The summed E-state index contributed by atoms with van der Waals surface area (Å²) in [5, 5.41) is 12.6. The van der Waals surface area contributed by atoms with Crippen LogP contribution in [0.5, 0.6) is 0 Å². The monoisotopic (exact) mass is 426 g/mol. The highest BCUT2D eigenvalue weighted by molar-refractivity contribution is 7.20. The van der Waals surface area contributed by atoms with Gasteiger partial charge >= 0.3 is 0 Å². The number of carbonyl (C=O) groups is 2. The molecule has 1 atom stereocenters. The van der Waals surface area contributed by atoms with E-state index in [0.29, 0.717) is 31.0 Å². The van der Waals surface area contributed by atoms with Gasteiger partial charge in [-0.25, -0.2) is 4.98 Å². The molecule has 2 amide bonds. The number of carbonyl (C=O) groups excluding carboxylic acids is 2. The minimum absolute atomic E-state index is 0.0124. The zero-order valence-corrected chi connectivity index (χ0v) is 17.1. The Labute approximate surface area is 177 Å². The minimum Gasteiger partial charge on any atom is -0.395 e. The van der Waals surface area contributed by atoms with Crippen molar-refractivity contribution in [2.75, 3.05) is 32.8 Å². The van der Waals surface area contributed by atoms with Crippen LogP contribution in [-0.2, 0) is 16.0 Å². The van der Waals surface area contributed by atoms with E-state index in [1.807, 2.05) is 24.3 Å². The van der Waals surface area contributed by atoms with Gasteiger partial charge in [-0.3, -0.25) is 14.6 Å². The number of thiophene rings is 1. The maximum absolute atomic E-state index is 12.8. The van der Waals surface area contributed by atoms with E-state index in [2.05, 4.69) is 15.3 Å². The molecule has 156 valence electrons. The average molecular weight is 426 g/mol. The van der Waals surface area contributed by atoms with Crippen LogP contribution in [0.1, 0.15) is 26.9 Å². The van der Waals surface area contributed by atoms with E-state index >= 15 is 0 Å². The zero-order chi connectivity index (χ0) is 20.9. The molecule has 0 saturated carbocycles. The minimum atomic E-state index is -0.423. The van der Waals surface area contributed by atoms with Crippen molar-refractivity contribution >= 4 is 33.4 Å². The molecule has 8 nitrogen and oxygen atoms in total. The average Bonchev–Trinajstić information content (AvgIpc) is 3.18. The highest BCUT2D eigenvalue weighted by Gasteiger charge is 2.31. The van der Waals surface area contributed by atoms with Gasteiger partial charge < -0.3 is 20.1 Å². The number of nitrogens with one attached hydrogen (secondary N) is 1. The lowest BCUT2D eigenvalue weighted by Crippen LogP contribution is -2.43. The van der Waals surface area contributed by atoms with Crippen molar-refractivity contribution in [2.24, 2.45) is 0 Å². The highest BCUT2D eigenvalue weighted by atomic mass is 32.1. The number of hydrogen-bond acceptors (Lipinski definition) is 7. The van der Waals surface area contributed by atoms with Gasteiger partial charge in [-0.05, 0) is 23.8 Å². The van der Waals surface area contributed by atoms with Crippen LogP contribution in [-0.4, -0.2) is 64.6 Å². The molecule has 30 heavy (non-hydrogen) atoms. The molecular formula is C21H22N4O4S. The summed E-state index contributed by atoms with van der Waals surface area (Å²) < 4.78 is 6.00. The van der Waals surface area contributed by atoms with Crippen molar-refractivity contribution < 1.29 is 19.4 Å². The van der Waals surface area contributed by atoms with Crippen molar-refractivity contribution in [1.29, 1.82) is 0 Å². The van der Waals surface area contributed by atoms with Crippen LogP contribution in [0.2, 0.25) is 0 Å². The fraction of sp³-hybridized carbons (Fsp3) is 0.333. The fourth-order valence-electron chi connectivity index (χ4n) is 3.53. The molecule has 2 N–H and O–H groups in total. The third kappa shape index (κ3) is 4.33. The van der Waals surface area contributed by atoms with Gasteiger partial charge in [-0.2, -0.15) is 0 Å². The van der Waals surface area contributed by atoms with E-state index in [1.165, 1.54) is 11.3 Å². The van der Waals surface area contributed by atoms with Crippen LogP contribution in [0.25, 0.3) is 10.2 Å². The first kappa shape index (κ1) is 20.4. The number of hydrogen-bond donors (Lipinski definition) is 2. The van der Waals surface area contributed by atoms with E-state index in [-0.39, 0.29) is 25.0 Å². The Kier molecular flexibility index (Phi) is 6.32. The lowest BCUT2D eigenvalue weighted by molar-refractivity contribution is -0.138. The Balaban J connectivity index is 1.59. The van der Waals surface area contributed by atoms with Crippen LogP contribution in [0.15, 0.2) is 42.9 Å². The van der Waals surface area contributed by atoms with Crippen LogP contribution in [0.4, 0.5) is 0 Å². The van der Waals surface area contributed by atoms with Gasteiger partial charge in [0, 0.05) is 42.6 Å². The molecule has 0 radical (unpaired) electrons. The molecule has 3 aromatic rings. The van der Waals surface area contributed by atoms with Crippen molar-refractivity contribution in [2.45, 2.75) is 12.5 Å². The van der Waals surface area contributed by atoms with E-state index in [9.17, 15) is 9.59 Å². The Hall–Kier alpha value is -2.88. The Morgan fingerprint density at radius 3 is 2.90 bits per heavy atom. The molecule has 0 bridgehead atoms. The predicted octanol–water partition coefficient (Wildman–Crippen LogP) is 1.56. The first-order valence-electron chi connectivity index (χ1n) is 9.72. The number of aliphatic hydroxyl groups is 1. The van der Waals surface area contributed by atoms with E-state index < -0.39 is 6.10 Å². The number of aromatic nitrogens is 2. The summed E-state index contributed by atoms with van der Waals surface area (Å²) in [7, 11) is 0. The lowest BCUT2D eigenvalue weighted by atomic mass is 10.0. The molecule has 1 aliphatic heterocycles. The Bertz CT molecular complexity index is 1040. The van der Waals surface area contributed by atoms with Gasteiger partial charge in [0.2, 0.25) is 5.91 Å². The number of amides is 2. The molecule has 4 rings (SSSR count). The Morgan fingerprint density at radius 1 is 1.27 bits per heavy atom. The summed E-state index contributed by atoms with van der Waals surface area (Å²) in [6.07, 6.45) is 4.90. The van der Waals surface area contributed by atoms with Crippen molar-refractivity contribution in [3.63, 3.8) is 0 Å². The zero-order valence-electron chi connectivity index (χ0n) is 16.3. The topological polar surface area (TPSA) is 105 Å². The van der Waals surface area contributed by atoms with E-state index in [0.717, 1.165) is 21.3 Å². The summed E-state index contributed by atoms with van der Waals surface area (Å²) in [4.78, 5) is 36.9. The van der Waals surface area contributed by atoms with Gasteiger partial charge in [-0.1, -0.05) is 6.07 Å². The van der Waals surface area contributed by atoms with E-state index in [4.69, 9.17) is 9.84 Å². The maximum Gasteiger partial charge on any atom is 0.261 e. The Morgan fingerprint density at radius 2 is 2.10 bits per heavy atom. The third-order valence-corrected chi connectivity index (χ3v) is 6.08. The maximum atomic E-state index is 12.8. The molecule has 9 heteroatoms. The van der Waals surface area contributed by atoms with Gasteiger partial charge in [-0.15, -0.1) is 11.3 Å². The smallest absolute Gasteiger partial charge is 0.261 e. The number of ether oxygens (including phenoxy) is 1.